The lowest BCUT2D eigenvalue weighted by atomic mass is 9.80. The minimum absolute atomic E-state index is 0.0756. The molecule has 0 atom stereocenters. The summed E-state index contributed by atoms with van der Waals surface area (Å²) in [5.41, 5.74) is 14.6. The van der Waals surface area contributed by atoms with Gasteiger partial charge in [-0.1, -0.05) is 151 Å². The molecule has 0 spiro atoms. The smallest absolute Gasteiger partial charge is 0.0540 e. The van der Waals surface area contributed by atoms with Gasteiger partial charge in [0, 0.05) is 22.4 Å². The summed E-state index contributed by atoms with van der Waals surface area (Å²) in [4.78, 5) is 2.50. The van der Waals surface area contributed by atoms with Gasteiger partial charge in [-0.15, -0.1) is 0 Å². The second-order valence-electron chi connectivity index (χ2n) is 15.6. The Bertz CT molecular complexity index is 2110. The molecule has 2 aliphatic carbocycles. The van der Waals surface area contributed by atoms with E-state index in [-0.39, 0.29) is 10.8 Å². The van der Waals surface area contributed by atoms with Gasteiger partial charge < -0.3 is 4.90 Å². The molecule has 0 aliphatic heterocycles. The number of benzene rings is 6. The van der Waals surface area contributed by atoms with Crippen LogP contribution in [-0.2, 0) is 10.8 Å². The van der Waals surface area contributed by atoms with E-state index in [1.54, 1.807) is 0 Å². The summed E-state index contributed by atoms with van der Waals surface area (Å²) in [5.74, 6) is 0.623. The fraction of sp³-hybridized carbons (Fsp3) is 0.277. The van der Waals surface area contributed by atoms with Crippen LogP contribution in [-0.4, -0.2) is 0 Å². The molecule has 0 radical (unpaired) electrons. The number of hydrogen-bond donors (Lipinski definition) is 0. The predicted molar refractivity (Wildman–Crippen MR) is 206 cm³/mol. The molecule has 6 aromatic carbocycles. The van der Waals surface area contributed by atoms with Gasteiger partial charge in [0.25, 0.3) is 0 Å². The lowest BCUT2D eigenvalue weighted by molar-refractivity contribution is 0.445. The molecule has 8 rings (SSSR count). The van der Waals surface area contributed by atoms with Crippen LogP contribution in [0, 0.1) is 0 Å². The molecule has 6 aromatic rings. The average Bonchev–Trinajstić information content (AvgIpc) is 3.34. The molecule has 2 aliphatic rings. The molecular weight excluding hydrogens is 579 g/mol. The van der Waals surface area contributed by atoms with Crippen LogP contribution >= 0.6 is 0 Å². The Kier molecular flexibility index (Phi) is 7.55. The van der Waals surface area contributed by atoms with E-state index in [0.717, 1.165) is 0 Å². The van der Waals surface area contributed by atoms with Gasteiger partial charge in [0.2, 0.25) is 0 Å². The van der Waals surface area contributed by atoms with Gasteiger partial charge in [-0.25, -0.2) is 0 Å². The highest BCUT2D eigenvalue weighted by Gasteiger charge is 2.36. The van der Waals surface area contributed by atoms with Crippen LogP contribution < -0.4 is 4.90 Å². The van der Waals surface area contributed by atoms with Gasteiger partial charge in [0.1, 0.15) is 0 Å². The van der Waals surface area contributed by atoms with E-state index >= 15 is 0 Å². The summed E-state index contributed by atoms with van der Waals surface area (Å²) in [5, 5.41) is 2.76. The number of nitrogens with zero attached hydrogens (tertiary/aromatic N) is 1. The highest BCUT2D eigenvalue weighted by atomic mass is 15.1. The van der Waals surface area contributed by atoms with Crippen LogP contribution in [0.2, 0.25) is 0 Å². The molecule has 0 heterocycles. The maximum Gasteiger partial charge on any atom is 0.0540 e. The normalized spacial score (nSPS) is 15.7. The van der Waals surface area contributed by atoms with E-state index < -0.39 is 0 Å². The molecular formula is C47H47N. The molecule has 0 saturated heterocycles. The molecule has 0 aromatic heterocycles. The second-order valence-corrected chi connectivity index (χ2v) is 15.6. The summed E-state index contributed by atoms with van der Waals surface area (Å²) in [6.07, 6.45) is 6.60. The Hall–Kier alpha value is -4.62. The number of anilines is 3. The SMILES string of the molecule is CC(C)(C)c1ccc(N(c2ccc3c(c2)C(C)(C)c2ccccc2-3)c2ccccc2-c2cccc3cccc(C4CCCCC4)c23)cc1. The number of hydrogen-bond acceptors (Lipinski definition) is 1. The van der Waals surface area contributed by atoms with Crippen molar-refractivity contribution >= 4 is 27.8 Å². The Labute approximate surface area is 287 Å². The number of fused-ring (bicyclic) bond motifs is 4. The summed E-state index contributed by atoms with van der Waals surface area (Å²) in [6.45, 7) is 11.6. The lowest BCUT2D eigenvalue weighted by Crippen LogP contribution is -2.17. The van der Waals surface area contributed by atoms with Crippen molar-refractivity contribution in [2.75, 3.05) is 4.90 Å². The Balaban J connectivity index is 1.35. The highest BCUT2D eigenvalue weighted by Crippen LogP contribution is 2.52. The Morgan fingerprint density at radius 3 is 1.94 bits per heavy atom. The molecule has 1 saturated carbocycles. The third-order valence-electron chi connectivity index (χ3n) is 11.2. The molecule has 0 N–H and O–H groups in total. The van der Waals surface area contributed by atoms with Crippen LogP contribution in [0.15, 0.2) is 127 Å². The third kappa shape index (κ3) is 5.16. The molecule has 0 bridgehead atoms. The first kappa shape index (κ1) is 30.7. The van der Waals surface area contributed by atoms with E-state index in [1.165, 1.54) is 104 Å². The van der Waals surface area contributed by atoms with E-state index in [0.29, 0.717) is 5.92 Å². The summed E-state index contributed by atoms with van der Waals surface area (Å²) in [6, 6.07) is 48.3. The highest BCUT2D eigenvalue weighted by molar-refractivity contribution is 6.03. The Morgan fingerprint density at radius 2 is 1.19 bits per heavy atom. The third-order valence-corrected chi connectivity index (χ3v) is 11.2. The molecule has 48 heavy (non-hydrogen) atoms. The maximum absolute atomic E-state index is 2.50. The molecule has 0 unspecified atom stereocenters. The monoisotopic (exact) mass is 625 g/mol. The van der Waals surface area contributed by atoms with Crippen molar-refractivity contribution in [1.29, 1.82) is 0 Å². The van der Waals surface area contributed by atoms with Crippen molar-refractivity contribution in [2.24, 2.45) is 0 Å². The zero-order valence-corrected chi connectivity index (χ0v) is 29.2. The van der Waals surface area contributed by atoms with E-state index in [9.17, 15) is 0 Å². The van der Waals surface area contributed by atoms with Crippen LogP contribution in [0.4, 0.5) is 17.1 Å². The zero-order chi connectivity index (χ0) is 33.0. The van der Waals surface area contributed by atoms with Crippen molar-refractivity contribution in [2.45, 2.75) is 83.5 Å². The molecule has 1 nitrogen and oxygen atoms in total. The quantitative estimate of drug-likeness (QED) is 0.184. The van der Waals surface area contributed by atoms with Crippen molar-refractivity contribution in [3.8, 4) is 22.3 Å². The minimum Gasteiger partial charge on any atom is -0.310 e. The van der Waals surface area contributed by atoms with Gasteiger partial charge >= 0.3 is 0 Å². The van der Waals surface area contributed by atoms with E-state index in [1.807, 2.05) is 0 Å². The van der Waals surface area contributed by atoms with Gasteiger partial charge in [0.15, 0.2) is 0 Å². The summed E-state index contributed by atoms with van der Waals surface area (Å²) < 4.78 is 0. The predicted octanol–water partition coefficient (Wildman–Crippen LogP) is 13.6. The standard InChI is InChI=1S/C47H47N/c1-46(2,3)34-25-27-35(28-26-34)48(36-29-30-39-38-19-9-11-23-42(38)47(4,5)43(39)31-36)44-24-12-10-20-40(44)41-22-14-18-33-17-13-21-37(45(33)41)32-15-7-6-8-16-32/h9-14,17-32H,6-8,15-16H2,1-5H3. The topological polar surface area (TPSA) is 3.24 Å². The number of para-hydroxylation sites is 1. The first-order valence-electron chi connectivity index (χ1n) is 18.0. The van der Waals surface area contributed by atoms with Crippen molar-refractivity contribution in [3.05, 3.63) is 150 Å². The molecule has 1 heteroatoms. The summed E-state index contributed by atoms with van der Waals surface area (Å²) >= 11 is 0. The van der Waals surface area contributed by atoms with Gasteiger partial charge in [-0.3, -0.25) is 0 Å². The minimum atomic E-state index is -0.0756. The van der Waals surface area contributed by atoms with E-state index in [4.69, 9.17) is 0 Å². The van der Waals surface area contributed by atoms with Crippen LogP contribution in [0.3, 0.4) is 0 Å². The van der Waals surface area contributed by atoms with Gasteiger partial charge in [0.05, 0.1) is 5.69 Å². The number of rotatable bonds is 5. The van der Waals surface area contributed by atoms with E-state index in [2.05, 4.69) is 167 Å². The van der Waals surface area contributed by atoms with Crippen molar-refractivity contribution in [1.82, 2.24) is 0 Å². The van der Waals surface area contributed by atoms with Gasteiger partial charge in [-0.05, 0) is 104 Å². The van der Waals surface area contributed by atoms with Crippen molar-refractivity contribution in [3.63, 3.8) is 0 Å². The van der Waals surface area contributed by atoms with Crippen LogP contribution in [0.25, 0.3) is 33.0 Å². The fourth-order valence-electron chi connectivity index (χ4n) is 8.61. The maximum atomic E-state index is 2.50. The lowest BCUT2D eigenvalue weighted by Gasteiger charge is -2.31. The molecule has 1 fully saturated rings. The zero-order valence-electron chi connectivity index (χ0n) is 29.2. The molecule has 0 amide bonds. The second kappa shape index (κ2) is 11.8. The largest absolute Gasteiger partial charge is 0.310 e. The van der Waals surface area contributed by atoms with Crippen LogP contribution in [0.5, 0.6) is 0 Å². The molecule has 240 valence electrons. The van der Waals surface area contributed by atoms with Gasteiger partial charge in [-0.2, -0.15) is 0 Å². The van der Waals surface area contributed by atoms with Crippen molar-refractivity contribution < 1.29 is 0 Å². The first-order chi connectivity index (χ1) is 23.2. The first-order valence-corrected chi connectivity index (χ1v) is 18.0. The fourth-order valence-corrected chi connectivity index (χ4v) is 8.61. The average molecular weight is 626 g/mol. The Morgan fingerprint density at radius 1 is 0.562 bits per heavy atom. The van der Waals surface area contributed by atoms with Crippen LogP contribution in [0.1, 0.15) is 94.9 Å². The summed E-state index contributed by atoms with van der Waals surface area (Å²) in [7, 11) is 0.